The van der Waals surface area contributed by atoms with Gasteiger partial charge in [0.2, 0.25) is 0 Å². The molecule has 0 aromatic heterocycles. The lowest BCUT2D eigenvalue weighted by Gasteiger charge is -2.02. The molecule has 15 heavy (non-hydrogen) atoms. The van der Waals surface area contributed by atoms with Crippen LogP contribution < -0.4 is 0 Å². The van der Waals surface area contributed by atoms with Crippen LogP contribution in [0, 0.1) is 12.3 Å². The van der Waals surface area contributed by atoms with Gasteiger partial charge in [0.25, 0.3) is 0 Å². The van der Waals surface area contributed by atoms with Crippen molar-refractivity contribution in [3.05, 3.63) is 47.5 Å². The Hall–Kier alpha value is -2.27. The van der Waals surface area contributed by atoms with Gasteiger partial charge in [-0.1, -0.05) is 24.1 Å². The Bertz CT molecular complexity index is 577. The lowest BCUT2D eigenvalue weighted by molar-refractivity contribution is 0.0699. The molecule has 0 radical (unpaired) electrons. The molecule has 2 heteroatoms. The summed E-state index contributed by atoms with van der Waals surface area (Å²) < 4.78 is 0. The van der Waals surface area contributed by atoms with Crippen molar-refractivity contribution in [1.82, 2.24) is 0 Å². The van der Waals surface area contributed by atoms with Crippen LogP contribution in [0.15, 0.2) is 36.4 Å². The topological polar surface area (TPSA) is 37.3 Å². The molecule has 0 aliphatic carbocycles. The van der Waals surface area contributed by atoms with Gasteiger partial charge < -0.3 is 5.11 Å². The predicted octanol–water partition coefficient (Wildman–Crippen LogP) is 2.52. The van der Waals surface area contributed by atoms with Crippen molar-refractivity contribution in [3.63, 3.8) is 0 Å². The zero-order valence-electron chi connectivity index (χ0n) is 7.90. The van der Waals surface area contributed by atoms with Gasteiger partial charge in [0.05, 0.1) is 5.56 Å². The average molecular weight is 196 g/mol. The van der Waals surface area contributed by atoms with E-state index in [9.17, 15) is 4.79 Å². The third-order valence-electron chi connectivity index (χ3n) is 2.28. The lowest BCUT2D eigenvalue weighted by Crippen LogP contribution is -1.97. The predicted molar refractivity (Wildman–Crippen MR) is 58.8 cm³/mol. The van der Waals surface area contributed by atoms with E-state index in [0.717, 1.165) is 5.39 Å². The highest BCUT2D eigenvalue weighted by Crippen LogP contribution is 2.20. The first kappa shape index (κ1) is 9.29. The van der Waals surface area contributed by atoms with Crippen LogP contribution >= 0.6 is 0 Å². The molecule has 2 aromatic rings. The first-order chi connectivity index (χ1) is 7.22. The summed E-state index contributed by atoms with van der Waals surface area (Å²) in [5.74, 6) is 1.56. The van der Waals surface area contributed by atoms with Crippen LogP contribution in [-0.2, 0) is 0 Å². The molecule has 2 nitrogen and oxygen atoms in total. The minimum absolute atomic E-state index is 0.282. The van der Waals surface area contributed by atoms with Crippen molar-refractivity contribution >= 4 is 16.7 Å². The fraction of sp³-hybridized carbons (Fsp3) is 0. The van der Waals surface area contributed by atoms with E-state index in [1.807, 2.05) is 12.1 Å². The van der Waals surface area contributed by atoms with E-state index < -0.39 is 5.97 Å². The first-order valence-corrected chi connectivity index (χ1v) is 4.45. The van der Waals surface area contributed by atoms with Gasteiger partial charge in [0.15, 0.2) is 0 Å². The molecule has 0 saturated heterocycles. The SMILES string of the molecule is C#Cc1ccc2cccc(C(=O)O)c2c1. The zero-order chi connectivity index (χ0) is 10.8. The Morgan fingerprint density at radius 3 is 2.73 bits per heavy atom. The number of carboxylic acids is 1. The second-order valence-corrected chi connectivity index (χ2v) is 3.19. The van der Waals surface area contributed by atoms with Crippen LogP contribution in [0.25, 0.3) is 10.8 Å². The summed E-state index contributed by atoms with van der Waals surface area (Å²) >= 11 is 0. The van der Waals surface area contributed by atoms with Crippen molar-refractivity contribution in [2.45, 2.75) is 0 Å². The number of hydrogen-bond acceptors (Lipinski definition) is 1. The maximum absolute atomic E-state index is 11.0. The Kier molecular flexibility index (Phi) is 2.15. The van der Waals surface area contributed by atoms with E-state index in [1.165, 1.54) is 0 Å². The van der Waals surface area contributed by atoms with E-state index >= 15 is 0 Å². The van der Waals surface area contributed by atoms with Gasteiger partial charge in [-0.25, -0.2) is 4.79 Å². The number of hydrogen-bond donors (Lipinski definition) is 1. The summed E-state index contributed by atoms with van der Waals surface area (Å²) in [5.41, 5.74) is 0.973. The Morgan fingerprint density at radius 2 is 2.07 bits per heavy atom. The third-order valence-corrected chi connectivity index (χ3v) is 2.28. The highest BCUT2D eigenvalue weighted by atomic mass is 16.4. The molecule has 0 aliphatic rings. The number of fused-ring (bicyclic) bond motifs is 1. The normalized spacial score (nSPS) is 9.80. The molecule has 0 aliphatic heterocycles. The van der Waals surface area contributed by atoms with Gasteiger partial charge in [-0.3, -0.25) is 0 Å². The third kappa shape index (κ3) is 1.55. The molecule has 0 bridgehead atoms. The Labute approximate surface area is 87.2 Å². The highest BCUT2D eigenvalue weighted by Gasteiger charge is 2.07. The second-order valence-electron chi connectivity index (χ2n) is 3.19. The molecule has 0 unspecified atom stereocenters. The van der Waals surface area contributed by atoms with Crippen molar-refractivity contribution in [2.75, 3.05) is 0 Å². The monoisotopic (exact) mass is 196 g/mol. The summed E-state index contributed by atoms with van der Waals surface area (Å²) in [6, 6.07) is 10.5. The van der Waals surface area contributed by atoms with Gasteiger partial charge in [0.1, 0.15) is 0 Å². The molecule has 0 amide bonds. The fourth-order valence-electron chi connectivity index (χ4n) is 1.55. The largest absolute Gasteiger partial charge is 0.478 e. The van der Waals surface area contributed by atoms with Gasteiger partial charge in [-0.05, 0) is 29.0 Å². The molecule has 2 rings (SSSR count). The number of carbonyl (C=O) groups is 1. The van der Waals surface area contributed by atoms with Gasteiger partial charge in [0, 0.05) is 5.56 Å². The maximum Gasteiger partial charge on any atom is 0.336 e. The smallest absolute Gasteiger partial charge is 0.336 e. The van der Waals surface area contributed by atoms with Crippen LogP contribution in [0.3, 0.4) is 0 Å². The van der Waals surface area contributed by atoms with Crippen LogP contribution in [-0.4, -0.2) is 11.1 Å². The number of carboxylic acid groups (broad SMARTS) is 1. The molecule has 0 atom stereocenters. The molecule has 0 fully saturated rings. The summed E-state index contributed by atoms with van der Waals surface area (Å²) in [6.07, 6.45) is 5.27. The summed E-state index contributed by atoms with van der Waals surface area (Å²) in [5, 5.41) is 10.6. The minimum atomic E-state index is -0.935. The summed E-state index contributed by atoms with van der Waals surface area (Å²) in [6.45, 7) is 0. The molecular weight excluding hydrogens is 188 g/mol. The Balaban J connectivity index is 2.83. The van der Waals surface area contributed by atoms with Gasteiger partial charge in [-0.15, -0.1) is 6.42 Å². The van der Waals surface area contributed by atoms with Crippen LogP contribution in [0.2, 0.25) is 0 Å². The van der Waals surface area contributed by atoms with Gasteiger partial charge in [-0.2, -0.15) is 0 Å². The summed E-state index contributed by atoms with van der Waals surface area (Å²) in [7, 11) is 0. The number of terminal acetylenes is 1. The molecular formula is C13H8O2. The molecule has 1 N–H and O–H groups in total. The average Bonchev–Trinajstić information content (AvgIpc) is 2.27. The van der Waals surface area contributed by atoms with E-state index in [0.29, 0.717) is 10.9 Å². The molecule has 0 heterocycles. The summed E-state index contributed by atoms with van der Waals surface area (Å²) in [4.78, 5) is 11.0. The van der Waals surface area contributed by atoms with E-state index in [4.69, 9.17) is 11.5 Å². The van der Waals surface area contributed by atoms with Crippen molar-refractivity contribution in [1.29, 1.82) is 0 Å². The molecule has 0 saturated carbocycles. The van der Waals surface area contributed by atoms with Crippen molar-refractivity contribution in [2.24, 2.45) is 0 Å². The van der Waals surface area contributed by atoms with Crippen LogP contribution in [0.5, 0.6) is 0 Å². The van der Waals surface area contributed by atoms with Crippen LogP contribution in [0.1, 0.15) is 15.9 Å². The lowest BCUT2D eigenvalue weighted by atomic mass is 10.0. The first-order valence-electron chi connectivity index (χ1n) is 4.45. The second kappa shape index (κ2) is 3.47. The highest BCUT2D eigenvalue weighted by molar-refractivity contribution is 6.03. The van der Waals surface area contributed by atoms with Gasteiger partial charge >= 0.3 is 5.97 Å². The molecule has 72 valence electrons. The van der Waals surface area contributed by atoms with E-state index in [-0.39, 0.29) is 5.56 Å². The minimum Gasteiger partial charge on any atom is -0.478 e. The molecule has 2 aromatic carbocycles. The molecule has 0 spiro atoms. The van der Waals surface area contributed by atoms with Crippen molar-refractivity contribution in [3.8, 4) is 12.3 Å². The number of rotatable bonds is 1. The fourth-order valence-corrected chi connectivity index (χ4v) is 1.55. The van der Waals surface area contributed by atoms with E-state index in [1.54, 1.807) is 24.3 Å². The number of aromatic carboxylic acids is 1. The quantitative estimate of drug-likeness (QED) is 0.711. The zero-order valence-corrected chi connectivity index (χ0v) is 7.90. The van der Waals surface area contributed by atoms with E-state index in [2.05, 4.69) is 5.92 Å². The Morgan fingerprint density at radius 1 is 1.27 bits per heavy atom. The maximum atomic E-state index is 11.0. The van der Waals surface area contributed by atoms with Crippen molar-refractivity contribution < 1.29 is 9.90 Å². The number of benzene rings is 2. The van der Waals surface area contributed by atoms with Crippen LogP contribution in [0.4, 0.5) is 0 Å². The standard InChI is InChI=1S/C13H8O2/c1-2-9-6-7-10-4-3-5-11(13(14)15)12(10)8-9/h1,3-8H,(H,14,15).